The highest BCUT2D eigenvalue weighted by Gasteiger charge is 2.35. The molecule has 0 aliphatic carbocycles. The number of aromatic nitrogens is 2. The lowest BCUT2D eigenvalue weighted by Crippen LogP contribution is -2.31. The second kappa shape index (κ2) is 6.57. The van der Waals surface area contributed by atoms with E-state index in [0.717, 1.165) is 22.6 Å². The lowest BCUT2D eigenvalue weighted by molar-refractivity contribution is -0.145. The smallest absolute Gasteiger partial charge is 0.451 e. The minimum Gasteiger partial charge on any atom is -0.460 e. The molecule has 1 aromatic carbocycles. The summed E-state index contributed by atoms with van der Waals surface area (Å²) in [6.07, 6.45) is -2.75. The van der Waals surface area contributed by atoms with Gasteiger partial charge >= 0.3 is 6.18 Å². The molecule has 0 spiro atoms. The number of hydrogen-bond acceptors (Lipinski definition) is 4. The van der Waals surface area contributed by atoms with Crippen LogP contribution >= 0.6 is 0 Å². The van der Waals surface area contributed by atoms with E-state index in [1.807, 2.05) is 42.5 Å². The fraction of sp³-hybridized carbons (Fsp3) is 0.263. The van der Waals surface area contributed by atoms with Crippen molar-refractivity contribution in [3.63, 3.8) is 0 Å². The van der Waals surface area contributed by atoms with Gasteiger partial charge in [0.2, 0.25) is 5.82 Å². The van der Waals surface area contributed by atoms with E-state index in [1.54, 1.807) is 0 Å². The molecule has 0 atom stereocenters. The van der Waals surface area contributed by atoms with Gasteiger partial charge in [0, 0.05) is 36.8 Å². The Kier molecular flexibility index (Phi) is 4.24. The van der Waals surface area contributed by atoms with Crippen molar-refractivity contribution in [1.82, 2.24) is 14.9 Å². The Labute approximate surface area is 148 Å². The van der Waals surface area contributed by atoms with Crippen LogP contribution in [0.5, 0.6) is 0 Å². The first-order chi connectivity index (χ1) is 12.5. The monoisotopic (exact) mass is 359 g/mol. The summed E-state index contributed by atoms with van der Waals surface area (Å²) in [5.41, 5.74) is 2.22. The first-order valence-electron chi connectivity index (χ1n) is 8.27. The molecule has 0 saturated heterocycles. The molecular formula is C19H16F3N3O. The fourth-order valence-electron chi connectivity index (χ4n) is 3.09. The van der Waals surface area contributed by atoms with Crippen molar-refractivity contribution in [2.45, 2.75) is 25.7 Å². The summed E-state index contributed by atoms with van der Waals surface area (Å²) in [5, 5.41) is 0. The zero-order valence-corrected chi connectivity index (χ0v) is 13.8. The topological polar surface area (TPSA) is 42.2 Å². The van der Waals surface area contributed by atoms with Crippen LogP contribution in [-0.2, 0) is 25.7 Å². The van der Waals surface area contributed by atoms with Gasteiger partial charge in [-0.25, -0.2) is 9.97 Å². The Morgan fingerprint density at radius 3 is 2.65 bits per heavy atom. The molecule has 0 N–H and O–H groups in total. The van der Waals surface area contributed by atoms with Crippen LogP contribution in [0, 0.1) is 0 Å². The summed E-state index contributed by atoms with van der Waals surface area (Å²) in [6, 6.07) is 13.7. The van der Waals surface area contributed by atoms with Crippen molar-refractivity contribution in [2.75, 3.05) is 6.54 Å². The molecular weight excluding hydrogens is 343 g/mol. The lowest BCUT2D eigenvalue weighted by atomic mass is 10.1. The summed E-state index contributed by atoms with van der Waals surface area (Å²) in [6.45, 7) is 1.73. The van der Waals surface area contributed by atoms with Gasteiger partial charge in [-0.15, -0.1) is 0 Å². The van der Waals surface area contributed by atoms with Crippen LogP contribution in [0.3, 0.4) is 0 Å². The summed E-state index contributed by atoms with van der Waals surface area (Å²) < 4.78 is 44.1. The molecule has 0 radical (unpaired) electrons. The Morgan fingerprint density at radius 1 is 1.08 bits per heavy atom. The maximum absolute atomic E-state index is 12.7. The first kappa shape index (κ1) is 16.8. The average Bonchev–Trinajstić information content (AvgIpc) is 3.10. The van der Waals surface area contributed by atoms with Gasteiger partial charge in [0.1, 0.15) is 11.5 Å². The van der Waals surface area contributed by atoms with Crippen molar-refractivity contribution in [3.8, 4) is 11.3 Å². The van der Waals surface area contributed by atoms with Crippen LogP contribution in [0.25, 0.3) is 11.3 Å². The van der Waals surface area contributed by atoms with E-state index in [1.165, 1.54) is 6.20 Å². The summed E-state index contributed by atoms with van der Waals surface area (Å²) in [4.78, 5) is 9.26. The number of halogens is 3. The van der Waals surface area contributed by atoms with Crippen LogP contribution in [0.2, 0.25) is 0 Å². The SMILES string of the molecule is FC(F)(F)c1ncc2c(n1)CCN(Cc1ccc(-c3ccccc3)o1)C2. The minimum absolute atomic E-state index is 0.465. The third kappa shape index (κ3) is 3.48. The second-order valence-electron chi connectivity index (χ2n) is 6.26. The highest BCUT2D eigenvalue weighted by atomic mass is 19.4. The third-order valence-electron chi connectivity index (χ3n) is 4.37. The van der Waals surface area contributed by atoms with Crippen LogP contribution < -0.4 is 0 Å². The zero-order valence-electron chi connectivity index (χ0n) is 13.8. The molecule has 0 amide bonds. The van der Waals surface area contributed by atoms with Crippen LogP contribution in [0.1, 0.15) is 22.8 Å². The zero-order chi connectivity index (χ0) is 18.1. The summed E-state index contributed by atoms with van der Waals surface area (Å²) in [7, 11) is 0. The number of rotatable bonds is 3. The standard InChI is InChI=1S/C19H16F3N3O/c20-19(21,22)18-23-10-14-11-25(9-8-16(14)24-18)12-15-6-7-17(26-15)13-4-2-1-3-5-13/h1-7,10H,8-9,11-12H2. The molecule has 0 fully saturated rings. The Balaban J connectivity index is 1.46. The number of benzene rings is 1. The quantitative estimate of drug-likeness (QED) is 0.699. The van der Waals surface area contributed by atoms with Crippen LogP contribution in [0.15, 0.2) is 53.1 Å². The van der Waals surface area contributed by atoms with E-state index in [2.05, 4.69) is 14.9 Å². The van der Waals surface area contributed by atoms with E-state index >= 15 is 0 Å². The highest BCUT2D eigenvalue weighted by molar-refractivity contribution is 5.57. The highest BCUT2D eigenvalue weighted by Crippen LogP contribution is 2.28. The number of hydrogen-bond donors (Lipinski definition) is 0. The van der Waals surface area contributed by atoms with Crippen molar-refractivity contribution in [2.24, 2.45) is 0 Å². The second-order valence-corrected chi connectivity index (χ2v) is 6.26. The number of nitrogens with zero attached hydrogens (tertiary/aromatic N) is 3. The molecule has 0 saturated carbocycles. The van der Waals surface area contributed by atoms with E-state index < -0.39 is 12.0 Å². The van der Waals surface area contributed by atoms with Gasteiger partial charge in [-0.05, 0) is 12.1 Å². The van der Waals surface area contributed by atoms with Crippen molar-refractivity contribution >= 4 is 0 Å². The molecule has 26 heavy (non-hydrogen) atoms. The van der Waals surface area contributed by atoms with E-state index in [4.69, 9.17) is 4.42 Å². The molecule has 2 aromatic heterocycles. The van der Waals surface area contributed by atoms with Crippen LogP contribution in [-0.4, -0.2) is 21.4 Å². The maximum atomic E-state index is 12.7. The van der Waals surface area contributed by atoms with Crippen molar-refractivity contribution in [3.05, 3.63) is 71.5 Å². The first-order valence-corrected chi connectivity index (χ1v) is 8.27. The molecule has 3 aromatic rings. The van der Waals surface area contributed by atoms with Gasteiger partial charge in [0.15, 0.2) is 0 Å². The van der Waals surface area contributed by atoms with Crippen molar-refractivity contribution < 1.29 is 17.6 Å². The predicted octanol–water partition coefficient (Wildman–Crippen LogP) is 4.31. The average molecular weight is 359 g/mol. The van der Waals surface area contributed by atoms with E-state index in [-0.39, 0.29) is 0 Å². The molecule has 0 bridgehead atoms. The van der Waals surface area contributed by atoms with Gasteiger partial charge < -0.3 is 4.42 Å². The molecule has 0 unspecified atom stereocenters. The molecule has 7 heteroatoms. The van der Waals surface area contributed by atoms with Crippen molar-refractivity contribution in [1.29, 1.82) is 0 Å². The number of alkyl halides is 3. The molecule has 134 valence electrons. The Bertz CT molecular complexity index is 906. The summed E-state index contributed by atoms with van der Waals surface area (Å²) >= 11 is 0. The Morgan fingerprint density at radius 2 is 1.88 bits per heavy atom. The number of fused-ring (bicyclic) bond motifs is 1. The third-order valence-corrected chi connectivity index (χ3v) is 4.37. The van der Waals surface area contributed by atoms with Gasteiger partial charge in [-0.3, -0.25) is 4.90 Å². The largest absolute Gasteiger partial charge is 0.460 e. The number of furan rings is 1. The molecule has 1 aliphatic heterocycles. The summed E-state index contributed by atoms with van der Waals surface area (Å²) in [5.74, 6) is 0.555. The van der Waals surface area contributed by atoms with Gasteiger partial charge in [0.05, 0.1) is 12.2 Å². The Hall–Kier alpha value is -2.67. The van der Waals surface area contributed by atoms with Gasteiger partial charge in [-0.2, -0.15) is 13.2 Å². The van der Waals surface area contributed by atoms with E-state index in [9.17, 15) is 13.2 Å². The van der Waals surface area contributed by atoms with Gasteiger partial charge in [-0.1, -0.05) is 30.3 Å². The molecule has 4 nitrogen and oxygen atoms in total. The minimum atomic E-state index is -4.51. The molecule has 1 aliphatic rings. The molecule has 4 rings (SSSR count). The fourth-order valence-corrected chi connectivity index (χ4v) is 3.09. The van der Waals surface area contributed by atoms with Gasteiger partial charge in [0.25, 0.3) is 0 Å². The predicted molar refractivity (Wildman–Crippen MR) is 89.0 cm³/mol. The molecule has 3 heterocycles. The lowest BCUT2D eigenvalue weighted by Gasteiger charge is -2.27. The van der Waals surface area contributed by atoms with Crippen LogP contribution in [0.4, 0.5) is 13.2 Å². The normalized spacial score (nSPS) is 15.0. The maximum Gasteiger partial charge on any atom is 0.451 e. The van der Waals surface area contributed by atoms with E-state index in [0.29, 0.717) is 31.7 Å².